The summed E-state index contributed by atoms with van der Waals surface area (Å²) in [6.07, 6.45) is 47.4. The molecule has 680 valence electrons. The van der Waals surface area contributed by atoms with Gasteiger partial charge in [-0.1, -0.05) is 263 Å². The maximum Gasteiger partial charge on any atom is 0.524 e. The van der Waals surface area contributed by atoms with Crippen LogP contribution in [-0.2, 0) is 53.4 Å². The molecule has 1 atom stereocenters. The molecular formula is C97H144F3IN4O15P2. The van der Waals surface area contributed by atoms with E-state index in [-0.39, 0.29) is 108 Å². The van der Waals surface area contributed by atoms with Crippen LogP contribution in [0.1, 0.15) is 327 Å². The van der Waals surface area contributed by atoms with E-state index in [9.17, 15) is 46.3 Å². The van der Waals surface area contributed by atoms with Crippen molar-refractivity contribution in [2.75, 3.05) is 56.8 Å². The van der Waals surface area contributed by atoms with Crippen LogP contribution >= 0.6 is 15.6 Å². The van der Waals surface area contributed by atoms with E-state index in [1.807, 2.05) is 0 Å². The molecule has 1 unspecified atom stereocenters. The van der Waals surface area contributed by atoms with Crippen LogP contribution < -0.4 is 48.6 Å². The third-order valence-corrected chi connectivity index (χ3v) is 26.7. The number of carbonyl (C=O) groups is 5. The van der Waals surface area contributed by atoms with Gasteiger partial charge < -0.3 is 58.0 Å². The molecule has 4 aromatic rings. The minimum atomic E-state index is -5.03. The van der Waals surface area contributed by atoms with Crippen molar-refractivity contribution in [1.82, 2.24) is 5.32 Å². The first kappa shape index (κ1) is 103. The van der Waals surface area contributed by atoms with Crippen molar-refractivity contribution in [2.24, 2.45) is 40.9 Å². The lowest BCUT2D eigenvalue weighted by molar-refractivity contribution is -0.401. The standard InChI is InChI=1S/C32H43N2.C22H33FNO8P.C19H24F2NO7P.2C12H22.HI/c1-30(2,3)22-13-14-23-34-27-19-12-10-17-25(27)32(6,7)29(34)21-15-20-28-31(4,5)24-16-9-11-18-26(24)33(28)8;23-21(18-8-10-19(11-9-18)32-33(27,28)29)22(26)24-12-14-31-16-15-30-13-4-7-20(25)17-5-2-1-3-6-17;20-19(21)15-10-13(6-8-17(15)29-30(26,27)28)22-18(25)9-7-14(23)11-16(24)12-4-2-1-3-5-12;2*1-3-7-11(8-4-1)12-9-5-2-6-10-12;/h9-12,15-21H,13-14,22-23H2,1-8H3;8-11,17,21H,1-7,12-16H2,(H,24,26)(H2,27,28,29);6,8,10,12,19H,1-5,7,9,11H2,(H,22,25)(H2,26,27,28);2*11-12H,1-10H2;1H/q+1;;;;;/p-1. The number of benzene rings is 4. The van der Waals surface area contributed by atoms with Crippen molar-refractivity contribution >= 4 is 67.6 Å². The van der Waals surface area contributed by atoms with E-state index in [1.54, 1.807) is 51.4 Å². The Morgan fingerprint density at radius 2 is 1.06 bits per heavy atom. The Kier molecular flexibility index (Phi) is 43.8. The predicted octanol–water partition coefficient (Wildman–Crippen LogP) is 20.6. The number of carbonyl (C=O) groups excluding carboxylic acids is 5. The van der Waals surface area contributed by atoms with Crippen LogP contribution in [-0.4, -0.2) is 106 Å². The smallest absolute Gasteiger partial charge is 0.524 e. The normalized spacial score (nSPS) is 19.2. The van der Waals surface area contributed by atoms with E-state index in [2.05, 4.69) is 151 Å². The van der Waals surface area contributed by atoms with Gasteiger partial charge in [0.05, 0.1) is 37.2 Å². The van der Waals surface area contributed by atoms with E-state index in [0.717, 1.165) is 106 Å². The number of para-hydroxylation sites is 2. The molecule has 25 heteroatoms. The Balaban J connectivity index is 0.000000220. The summed E-state index contributed by atoms with van der Waals surface area (Å²) in [7, 11) is -7.53. The van der Waals surface area contributed by atoms with Gasteiger partial charge in [0.1, 0.15) is 35.9 Å². The summed E-state index contributed by atoms with van der Waals surface area (Å²) in [6, 6.07) is 25.4. The molecular weight excluding hydrogens is 1710 g/mol. The van der Waals surface area contributed by atoms with Crippen LogP contribution in [0.2, 0.25) is 0 Å². The van der Waals surface area contributed by atoms with Crippen molar-refractivity contribution in [3.63, 3.8) is 0 Å². The van der Waals surface area contributed by atoms with Crippen LogP contribution in [0.3, 0.4) is 0 Å². The zero-order valence-electron chi connectivity index (χ0n) is 74.2. The maximum absolute atomic E-state index is 14.2. The van der Waals surface area contributed by atoms with Gasteiger partial charge >= 0.3 is 15.6 Å². The highest BCUT2D eigenvalue weighted by Gasteiger charge is 2.44. The second-order valence-corrected chi connectivity index (χ2v) is 39.4. The van der Waals surface area contributed by atoms with Crippen molar-refractivity contribution in [2.45, 2.75) is 316 Å². The lowest BCUT2D eigenvalue weighted by atomic mass is 9.73. The minimum absolute atomic E-state index is 0. The average Bonchev–Trinajstić information content (AvgIpc) is 1.60. The summed E-state index contributed by atoms with van der Waals surface area (Å²) in [5.41, 5.74) is 7.85. The second kappa shape index (κ2) is 51.8. The molecule has 2 amide bonds. The van der Waals surface area contributed by atoms with Crippen molar-refractivity contribution in [1.29, 1.82) is 0 Å². The van der Waals surface area contributed by atoms with E-state index in [0.29, 0.717) is 43.9 Å². The number of nitrogens with zero attached hydrogens (tertiary/aromatic N) is 2. The van der Waals surface area contributed by atoms with Gasteiger partial charge in [0.2, 0.25) is 17.8 Å². The van der Waals surface area contributed by atoms with Crippen LogP contribution in [0.4, 0.5) is 30.2 Å². The second-order valence-electron chi connectivity index (χ2n) is 37.0. The Labute approximate surface area is 743 Å². The van der Waals surface area contributed by atoms with E-state index in [4.69, 9.17) is 29.0 Å². The third kappa shape index (κ3) is 34.7. The summed E-state index contributed by atoms with van der Waals surface area (Å²) >= 11 is 0. The Bertz CT molecular complexity index is 4020. The number of nitrogens with one attached hydrogen (secondary N) is 2. The van der Waals surface area contributed by atoms with Crippen LogP contribution in [0.15, 0.2) is 115 Å². The van der Waals surface area contributed by atoms with Gasteiger partial charge in [0.15, 0.2) is 5.71 Å². The van der Waals surface area contributed by atoms with E-state index >= 15 is 0 Å². The fraction of sp³-hybridized carbons (Fsp3) is 0.649. The van der Waals surface area contributed by atoms with Gasteiger partial charge in [0.25, 0.3) is 12.3 Å². The van der Waals surface area contributed by atoms with Crippen molar-refractivity contribution in [3.8, 4) is 11.5 Å². The molecule has 6 aliphatic carbocycles. The van der Waals surface area contributed by atoms with Gasteiger partial charge in [-0.25, -0.2) is 22.3 Å². The summed E-state index contributed by atoms with van der Waals surface area (Å²) in [5.74, 6) is 2.32. The molecule has 0 spiro atoms. The van der Waals surface area contributed by atoms with Crippen LogP contribution in [0, 0.1) is 40.9 Å². The number of ketones is 3. The molecule has 122 heavy (non-hydrogen) atoms. The first-order valence-corrected chi connectivity index (χ1v) is 48.7. The Morgan fingerprint density at radius 1 is 0.566 bits per heavy atom. The number of hydrogen-bond donors (Lipinski definition) is 6. The molecule has 4 aromatic carbocycles. The molecule has 6 saturated carbocycles. The van der Waals surface area contributed by atoms with Crippen molar-refractivity contribution in [3.05, 3.63) is 137 Å². The van der Waals surface area contributed by atoms with E-state index in [1.165, 1.54) is 161 Å². The third-order valence-electron chi connectivity index (χ3n) is 25.9. The number of ether oxygens (including phenoxy) is 2. The first-order valence-electron chi connectivity index (χ1n) is 45.6. The minimum Gasteiger partial charge on any atom is -1.00 e. The van der Waals surface area contributed by atoms with Crippen molar-refractivity contribution < 1.29 is 113 Å². The number of halogens is 4. The highest BCUT2D eigenvalue weighted by molar-refractivity contribution is 7.47. The summed E-state index contributed by atoms with van der Waals surface area (Å²) < 4.78 is 83.8. The number of alkyl halides is 3. The number of phosphoric acid groups is 2. The number of rotatable bonds is 33. The van der Waals surface area contributed by atoms with Gasteiger partial charge in [-0.05, 0) is 141 Å². The Morgan fingerprint density at radius 3 is 1.57 bits per heavy atom. The maximum atomic E-state index is 14.2. The SMILES string of the molecule is C1CCC(C2CCCCC2)CC1.C1CCC(C2CCCCC2)CC1.C[N+]1=C(/C=C/C=C2/N(CCCCC(C)(C)C)c3ccccc3C2(C)C)C(C)(C)c2ccccc21.O=C(CCC(=O)Nc1ccc(OP(=O)(O)O)c(C(F)F)c1)CC(=O)C1CCCCC1.O=C(CCCOCCOCCNC(=O)C(F)c1ccc(OP(=O)(O)O)cc1)C1CCCCC1.[I-]. The molecule has 0 bridgehead atoms. The first-order chi connectivity index (χ1) is 57.7. The van der Waals surface area contributed by atoms with Gasteiger partial charge in [0, 0.05) is 91.0 Å². The van der Waals surface area contributed by atoms with Crippen LogP contribution in [0.5, 0.6) is 11.5 Å². The monoisotopic (exact) mass is 1850 g/mol. The van der Waals surface area contributed by atoms with Gasteiger partial charge in [-0.3, -0.25) is 43.5 Å². The lowest BCUT2D eigenvalue weighted by Gasteiger charge is -2.32. The number of fused-ring (bicyclic) bond motifs is 2. The quantitative estimate of drug-likeness (QED) is 0.00851. The molecule has 2 aliphatic heterocycles. The fourth-order valence-corrected chi connectivity index (χ4v) is 20.0. The number of Topliss-reactive ketones (excluding diaryl/α,β-unsaturated/α-hetero) is 3. The predicted molar refractivity (Wildman–Crippen MR) is 476 cm³/mol. The zero-order valence-corrected chi connectivity index (χ0v) is 78.2. The molecule has 6 N–H and O–H groups in total. The number of phosphoric ester groups is 2. The molecule has 0 radical (unpaired) electrons. The average molecular weight is 1850 g/mol. The van der Waals surface area contributed by atoms with E-state index < -0.39 is 51.4 Å². The number of hydrogen-bond acceptors (Lipinski definition) is 12. The number of amides is 2. The topological polar surface area (TPSA) is 268 Å². The molecule has 0 aromatic heterocycles. The molecule has 2 heterocycles. The largest absolute Gasteiger partial charge is 1.00 e. The number of anilines is 2. The van der Waals surface area contributed by atoms with Crippen LogP contribution in [0.25, 0.3) is 0 Å². The summed E-state index contributed by atoms with van der Waals surface area (Å²) in [6.45, 7) is 19.0. The lowest BCUT2D eigenvalue weighted by Crippen LogP contribution is -3.00. The highest BCUT2D eigenvalue weighted by atomic mass is 127. The summed E-state index contributed by atoms with van der Waals surface area (Å²) in [4.78, 5) is 97.7. The van der Waals surface area contributed by atoms with Gasteiger partial charge in [-0.15, -0.1) is 0 Å². The number of allylic oxidation sites excluding steroid dienone is 4. The highest BCUT2D eigenvalue weighted by Crippen LogP contribution is 2.49. The molecule has 8 aliphatic rings. The summed E-state index contributed by atoms with van der Waals surface area (Å²) in [5, 5.41) is 4.76. The van der Waals surface area contributed by atoms with Gasteiger partial charge in [-0.2, -0.15) is 4.58 Å². The molecule has 0 saturated heterocycles. The fourth-order valence-electron chi connectivity index (χ4n) is 19.2. The zero-order chi connectivity index (χ0) is 87.6. The molecule has 12 rings (SSSR count). The molecule has 19 nitrogen and oxygen atoms in total. The number of unbranched alkanes of at least 4 members (excludes halogenated alkanes) is 1. The molecule has 6 fully saturated rings. The Hall–Kier alpha value is -5.88.